The van der Waals surface area contributed by atoms with Gasteiger partial charge >= 0.3 is 5.69 Å². The van der Waals surface area contributed by atoms with Crippen LogP contribution >= 0.6 is 0 Å². The monoisotopic (exact) mass is 592 g/mol. The average molecular weight is 593 g/mol. The molecule has 4 aromatic heterocycles. The van der Waals surface area contributed by atoms with Gasteiger partial charge in [0, 0.05) is 73.5 Å². The fourth-order valence-electron chi connectivity index (χ4n) is 4.09. The average Bonchev–Trinajstić information content (AvgIpc) is 3.64. The Hall–Kier alpha value is -6.44. The van der Waals surface area contributed by atoms with E-state index in [0.717, 1.165) is 5.56 Å². The molecular formula is C30H28N10O4. The first-order valence-electron chi connectivity index (χ1n) is 13.1. The highest BCUT2D eigenvalue weighted by Gasteiger charge is 2.25. The Balaban J connectivity index is 0.000000175. The maximum atomic E-state index is 11.5. The molecule has 44 heavy (non-hydrogen) atoms. The molecule has 14 nitrogen and oxygen atoms in total. The highest BCUT2D eigenvalue weighted by atomic mass is 16.6. The van der Waals surface area contributed by atoms with Gasteiger partial charge in [0.25, 0.3) is 0 Å². The van der Waals surface area contributed by atoms with Crippen molar-refractivity contribution in [2.45, 2.75) is 0 Å². The second kappa shape index (κ2) is 12.6. The molecule has 0 saturated carbocycles. The fraction of sp³-hybridized carbons (Fsp3) is 0.0667. The molecule has 0 spiro atoms. The topological polar surface area (TPSA) is 201 Å². The second-order valence-electron chi connectivity index (χ2n) is 9.48. The lowest BCUT2D eigenvalue weighted by Gasteiger charge is -2.10. The molecule has 0 aliphatic rings. The third-order valence-corrected chi connectivity index (χ3v) is 6.19. The molecule has 6 N–H and O–H groups in total. The van der Waals surface area contributed by atoms with Crippen LogP contribution in [0.3, 0.4) is 0 Å². The van der Waals surface area contributed by atoms with Gasteiger partial charge in [-0.05, 0) is 48.5 Å². The summed E-state index contributed by atoms with van der Waals surface area (Å²) in [6.07, 6.45) is 9.86. The van der Waals surface area contributed by atoms with Gasteiger partial charge in [0.05, 0.1) is 17.3 Å². The van der Waals surface area contributed by atoms with Crippen LogP contribution in [-0.4, -0.2) is 34.5 Å². The number of nitro groups is 1. The number of aryl methyl sites for hydroxylation is 2. The van der Waals surface area contributed by atoms with Crippen LogP contribution in [-0.2, 0) is 14.1 Å². The smallest absolute Gasteiger partial charge is 0.337 e. The summed E-state index contributed by atoms with van der Waals surface area (Å²) in [5.74, 6) is 1.77. The van der Waals surface area contributed by atoms with Crippen molar-refractivity contribution in [3.05, 3.63) is 108 Å². The van der Waals surface area contributed by atoms with Gasteiger partial charge < -0.3 is 26.7 Å². The van der Waals surface area contributed by atoms with E-state index in [1.807, 2.05) is 13.2 Å². The van der Waals surface area contributed by atoms with E-state index in [0.29, 0.717) is 45.6 Å². The van der Waals surface area contributed by atoms with Crippen molar-refractivity contribution in [2.24, 2.45) is 14.1 Å². The molecule has 0 saturated heterocycles. The first-order valence-corrected chi connectivity index (χ1v) is 13.1. The van der Waals surface area contributed by atoms with E-state index >= 15 is 0 Å². The van der Waals surface area contributed by atoms with Crippen molar-refractivity contribution in [3.8, 4) is 45.5 Å². The highest BCUT2D eigenvalue weighted by molar-refractivity contribution is 5.76. The van der Waals surface area contributed by atoms with E-state index < -0.39 is 4.92 Å². The number of aromatic nitrogens is 6. The Morgan fingerprint density at radius 2 is 1.14 bits per heavy atom. The summed E-state index contributed by atoms with van der Waals surface area (Å²) in [6, 6.07) is 16.9. The predicted octanol–water partition coefficient (Wildman–Crippen LogP) is 5.20. The number of pyridine rings is 2. The Kier molecular flexibility index (Phi) is 8.33. The molecule has 0 fully saturated rings. The number of nitrogens with two attached hydrogens (primary N) is 3. The molecule has 6 aromatic rings. The first kappa shape index (κ1) is 29.1. The van der Waals surface area contributed by atoms with Crippen LogP contribution in [0.5, 0.6) is 23.0 Å². The van der Waals surface area contributed by atoms with Crippen LogP contribution in [0.25, 0.3) is 22.5 Å². The number of benzene rings is 2. The van der Waals surface area contributed by atoms with Crippen LogP contribution in [0, 0.1) is 10.1 Å². The molecule has 14 heteroatoms. The molecule has 0 aliphatic heterocycles. The third-order valence-electron chi connectivity index (χ3n) is 6.19. The molecule has 0 amide bonds. The lowest BCUT2D eigenvalue weighted by Crippen LogP contribution is -1.98. The van der Waals surface area contributed by atoms with Crippen molar-refractivity contribution >= 4 is 22.7 Å². The molecule has 0 aliphatic carbocycles. The van der Waals surface area contributed by atoms with Crippen molar-refractivity contribution in [1.29, 1.82) is 0 Å². The largest absolute Gasteiger partial charge is 0.455 e. The molecule has 0 atom stereocenters. The van der Waals surface area contributed by atoms with Gasteiger partial charge in [-0.15, -0.1) is 0 Å². The third kappa shape index (κ3) is 6.71. The quantitative estimate of drug-likeness (QED) is 0.125. The van der Waals surface area contributed by atoms with Crippen molar-refractivity contribution < 1.29 is 14.4 Å². The van der Waals surface area contributed by atoms with E-state index in [-0.39, 0.29) is 17.1 Å². The minimum Gasteiger partial charge on any atom is -0.455 e. The molecule has 4 heterocycles. The summed E-state index contributed by atoms with van der Waals surface area (Å²) in [6.45, 7) is 0. The van der Waals surface area contributed by atoms with Gasteiger partial charge in [-0.2, -0.15) is 10.2 Å². The summed E-state index contributed by atoms with van der Waals surface area (Å²) in [7, 11) is 3.57. The van der Waals surface area contributed by atoms with Gasteiger partial charge in [0.15, 0.2) is 11.4 Å². The van der Waals surface area contributed by atoms with Gasteiger partial charge in [-0.1, -0.05) is 0 Å². The number of hydrogen-bond donors (Lipinski definition) is 3. The van der Waals surface area contributed by atoms with E-state index in [1.165, 1.54) is 18.5 Å². The van der Waals surface area contributed by atoms with E-state index in [2.05, 4.69) is 20.2 Å². The number of anilines is 3. The van der Waals surface area contributed by atoms with Crippen LogP contribution in [0.15, 0.2) is 97.8 Å². The Morgan fingerprint density at radius 3 is 1.61 bits per heavy atom. The summed E-state index contributed by atoms with van der Waals surface area (Å²) < 4.78 is 14.7. The lowest BCUT2D eigenvalue weighted by atomic mass is 10.2. The van der Waals surface area contributed by atoms with Crippen LogP contribution in [0.2, 0.25) is 0 Å². The zero-order valence-corrected chi connectivity index (χ0v) is 23.7. The highest BCUT2D eigenvalue weighted by Crippen LogP contribution is 2.38. The molecule has 6 rings (SSSR count). The molecule has 222 valence electrons. The van der Waals surface area contributed by atoms with Gasteiger partial charge in [-0.25, -0.2) is 4.98 Å². The van der Waals surface area contributed by atoms with Crippen molar-refractivity contribution in [3.63, 3.8) is 0 Å². The number of nitrogen functional groups attached to an aromatic ring is 3. The van der Waals surface area contributed by atoms with Gasteiger partial charge in [-0.3, -0.25) is 24.5 Å². The summed E-state index contributed by atoms with van der Waals surface area (Å²) >= 11 is 0. The van der Waals surface area contributed by atoms with E-state index in [1.54, 1.807) is 89.6 Å². The molecule has 2 aromatic carbocycles. The van der Waals surface area contributed by atoms with Crippen LogP contribution < -0.4 is 26.7 Å². The molecule has 0 bridgehead atoms. The zero-order chi connectivity index (χ0) is 31.2. The number of hydrogen-bond acceptors (Lipinski definition) is 11. The minimum absolute atomic E-state index is 0.105. The van der Waals surface area contributed by atoms with Gasteiger partial charge in [0.1, 0.15) is 22.9 Å². The van der Waals surface area contributed by atoms with E-state index in [9.17, 15) is 10.1 Å². The minimum atomic E-state index is -0.512. The number of rotatable bonds is 7. The zero-order valence-electron chi connectivity index (χ0n) is 23.7. The normalized spacial score (nSPS) is 10.5. The lowest BCUT2D eigenvalue weighted by molar-refractivity contribution is -0.385. The number of ether oxygens (including phenoxy) is 2. The fourth-order valence-corrected chi connectivity index (χ4v) is 4.09. The van der Waals surface area contributed by atoms with Crippen molar-refractivity contribution in [2.75, 3.05) is 17.2 Å². The van der Waals surface area contributed by atoms with Crippen LogP contribution in [0.1, 0.15) is 0 Å². The Bertz CT molecular complexity index is 1900. The number of nitrogens with zero attached hydrogens (tertiary/aromatic N) is 7. The SMILES string of the molecule is Cn1cc(-c2nccc(Oc3ccc(N)cc3)c2N)cn1.Cn1cc(-c2nccc(Oc3ccc(N)cc3)c2[N+](=O)[O-])cn1. The van der Waals surface area contributed by atoms with Gasteiger partial charge in [0.2, 0.25) is 5.75 Å². The first-order chi connectivity index (χ1) is 21.2. The maximum absolute atomic E-state index is 11.5. The summed E-state index contributed by atoms with van der Waals surface area (Å²) in [4.78, 5) is 19.4. The Morgan fingerprint density at radius 1 is 0.682 bits per heavy atom. The second-order valence-corrected chi connectivity index (χ2v) is 9.48. The Labute approximate surface area is 251 Å². The molecular weight excluding hydrogens is 564 g/mol. The summed E-state index contributed by atoms with van der Waals surface area (Å²) in [5, 5.41) is 19.6. The predicted molar refractivity (Wildman–Crippen MR) is 166 cm³/mol. The van der Waals surface area contributed by atoms with E-state index in [4.69, 9.17) is 26.7 Å². The summed E-state index contributed by atoms with van der Waals surface area (Å²) in [5.41, 5.74) is 21.2. The standard InChI is InChI=1S/C15H13N5O3.C15H15N5O/c1-19-9-10(8-18-19)14-15(20(21)22)13(6-7-17-14)23-12-4-2-11(16)3-5-12;1-20-9-10(8-19-20)15-14(17)13(6-7-18-15)21-12-4-2-11(16)3-5-12/h2-9H,16H2,1H3;2-9H,16-17H2,1H3. The maximum Gasteiger partial charge on any atom is 0.337 e. The molecule has 0 radical (unpaired) electrons. The van der Waals surface area contributed by atoms with Crippen molar-refractivity contribution in [1.82, 2.24) is 29.5 Å². The van der Waals surface area contributed by atoms with Crippen LogP contribution in [0.4, 0.5) is 22.7 Å². The molecule has 0 unspecified atom stereocenters.